The van der Waals surface area contributed by atoms with E-state index < -0.39 is 9.84 Å². The summed E-state index contributed by atoms with van der Waals surface area (Å²) in [5, 5.41) is 10.2. The highest BCUT2D eigenvalue weighted by molar-refractivity contribution is 7.90. The lowest BCUT2D eigenvalue weighted by molar-refractivity contribution is 0.602. The van der Waals surface area contributed by atoms with Crippen LogP contribution >= 0.6 is 0 Å². The topological polar surface area (TPSA) is 74.8 Å². The van der Waals surface area contributed by atoms with Crippen molar-refractivity contribution in [1.82, 2.24) is 10.2 Å². The van der Waals surface area contributed by atoms with Gasteiger partial charge in [-0.05, 0) is 30.7 Å². The van der Waals surface area contributed by atoms with Gasteiger partial charge in [0, 0.05) is 23.7 Å². The highest BCUT2D eigenvalue weighted by atomic mass is 32.2. The highest BCUT2D eigenvalue weighted by Crippen LogP contribution is 2.18. The number of hydrogen-bond acceptors (Lipinski definition) is 4. The standard InChI is InChI=1S/C13H17N3O2S/c1-3-4-11-9-13(16-15-11)14-10-5-7-12(8-6-10)19(2,17)18/h5-9H,3-4H2,1-2H3,(H2,14,15,16). The number of aromatic amines is 1. The molecule has 5 nitrogen and oxygen atoms in total. The second kappa shape index (κ2) is 5.44. The SMILES string of the molecule is CCCc1cc(Nc2ccc(S(C)(=O)=O)cc2)n[nH]1. The van der Waals surface area contributed by atoms with Crippen LogP contribution in [0.1, 0.15) is 19.0 Å². The van der Waals surface area contributed by atoms with E-state index in [2.05, 4.69) is 22.4 Å². The molecule has 0 spiro atoms. The second-order valence-electron chi connectivity index (χ2n) is 4.45. The van der Waals surface area contributed by atoms with E-state index in [1.165, 1.54) is 6.26 Å². The summed E-state index contributed by atoms with van der Waals surface area (Å²) in [6, 6.07) is 8.57. The summed E-state index contributed by atoms with van der Waals surface area (Å²) in [6.45, 7) is 2.11. The molecule has 2 rings (SSSR count). The first-order valence-corrected chi connectivity index (χ1v) is 7.99. The third kappa shape index (κ3) is 3.57. The number of nitrogens with one attached hydrogen (secondary N) is 2. The van der Waals surface area contributed by atoms with Crippen molar-refractivity contribution in [2.75, 3.05) is 11.6 Å². The number of aryl methyl sites for hydroxylation is 1. The molecule has 0 aliphatic carbocycles. The molecule has 19 heavy (non-hydrogen) atoms. The van der Waals surface area contributed by atoms with Crippen molar-refractivity contribution < 1.29 is 8.42 Å². The van der Waals surface area contributed by atoms with E-state index in [1.54, 1.807) is 24.3 Å². The van der Waals surface area contributed by atoms with Crippen LogP contribution in [0.4, 0.5) is 11.5 Å². The number of rotatable bonds is 5. The third-order valence-corrected chi connectivity index (χ3v) is 3.83. The summed E-state index contributed by atoms with van der Waals surface area (Å²) in [6.07, 6.45) is 3.21. The molecule has 0 amide bonds. The molecule has 0 aliphatic rings. The smallest absolute Gasteiger partial charge is 0.175 e. The molecule has 0 fully saturated rings. The third-order valence-electron chi connectivity index (χ3n) is 2.71. The summed E-state index contributed by atoms with van der Waals surface area (Å²) in [5.74, 6) is 0.732. The zero-order valence-electron chi connectivity index (χ0n) is 11.0. The number of nitrogens with zero attached hydrogens (tertiary/aromatic N) is 1. The molecule has 0 atom stereocenters. The lowest BCUT2D eigenvalue weighted by Crippen LogP contribution is -1.97. The van der Waals surface area contributed by atoms with Crippen LogP contribution in [-0.4, -0.2) is 24.9 Å². The van der Waals surface area contributed by atoms with Gasteiger partial charge in [0.15, 0.2) is 15.7 Å². The van der Waals surface area contributed by atoms with E-state index in [9.17, 15) is 8.42 Å². The average Bonchev–Trinajstić information content (AvgIpc) is 2.77. The van der Waals surface area contributed by atoms with E-state index in [0.717, 1.165) is 30.0 Å². The Hall–Kier alpha value is -1.82. The predicted molar refractivity (Wildman–Crippen MR) is 75.4 cm³/mol. The Morgan fingerprint density at radius 1 is 1.26 bits per heavy atom. The molecule has 0 aliphatic heterocycles. The van der Waals surface area contributed by atoms with Gasteiger partial charge in [-0.25, -0.2) is 8.42 Å². The van der Waals surface area contributed by atoms with Crippen LogP contribution in [-0.2, 0) is 16.3 Å². The fourth-order valence-corrected chi connectivity index (χ4v) is 2.39. The lowest BCUT2D eigenvalue weighted by atomic mass is 10.2. The van der Waals surface area contributed by atoms with Crippen LogP contribution in [0.25, 0.3) is 0 Å². The van der Waals surface area contributed by atoms with E-state index >= 15 is 0 Å². The maximum atomic E-state index is 11.3. The summed E-state index contributed by atoms with van der Waals surface area (Å²) in [5.41, 5.74) is 1.89. The van der Waals surface area contributed by atoms with E-state index in [1.807, 2.05) is 6.07 Å². The Bertz CT molecular complexity index is 645. The number of H-pyrrole nitrogens is 1. The Morgan fingerprint density at radius 3 is 2.53 bits per heavy atom. The minimum atomic E-state index is -3.15. The van der Waals surface area contributed by atoms with E-state index in [-0.39, 0.29) is 0 Å². The average molecular weight is 279 g/mol. The number of aromatic nitrogens is 2. The number of anilines is 2. The molecule has 6 heteroatoms. The van der Waals surface area contributed by atoms with Crippen LogP contribution in [0.2, 0.25) is 0 Å². The minimum absolute atomic E-state index is 0.312. The maximum Gasteiger partial charge on any atom is 0.175 e. The molecular weight excluding hydrogens is 262 g/mol. The van der Waals surface area contributed by atoms with Gasteiger partial charge in [-0.1, -0.05) is 13.3 Å². The number of hydrogen-bond donors (Lipinski definition) is 2. The van der Waals surface area contributed by atoms with Crippen molar-refractivity contribution in [2.24, 2.45) is 0 Å². The molecule has 1 aromatic heterocycles. The van der Waals surface area contributed by atoms with E-state index in [4.69, 9.17) is 0 Å². The first kappa shape index (κ1) is 13.6. The number of benzene rings is 1. The Morgan fingerprint density at radius 2 is 1.95 bits per heavy atom. The molecule has 102 valence electrons. The predicted octanol–water partition coefficient (Wildman–Crippen LogP) is 2.51. The lowest BCUT2D eigenvalue weighted by Gasteiger charge is -2.03. The van der Waals surface area contributed by atoms with Gasteiger partial charge in [-0.2, -0.15) is 5.10 Å². The Kier molecular flexibility index (Phi) is 3.90. The largest absolute Gasteiger partial charge is 0.339 e. The first-order chi connectivity index (χ1) is 8.99. The normalized spacial score (nSPS) is 11.5. The number of sulfone groups is 1. The zero-order chi connectivity index (χ0) is 13.9. The Balaban J connectivity index is 2.10. The summed E-state index contributed by atoms with van der Waals surface area (Å²) in [4.78, 5) is 0.312. The fraction of sp³-hybridized carbons (Fsp3) is 0.308. The highest BCUT2D eigenvalue weighted by Gasteiger charge is 2.06. The molecule has 2 N–H and O–H groups in total. The molecule has 0 unspecified atom stereocenters. The molecule has 0 saturated carbocycles. The Labute approximate surface area is 113 Å². The minimum Gasteiger partial charge on any atom is -0.339 e. The fourth-order valence-electron chi connectivity index (χ4n) is 1.76. The van der Waals surface area contributed by atoms with Crippen LogP contribution < -0.4 is 5.32 Å². The van der Waals surface area contributed by atoms with Crippen LogP contribution in [0, 0.1) is 0 Å². The van der Waals surface area contributed by atoms with Crippen LogP contribution in [0.3, 0.4) is 0 Å². The van der Waals surface area contributed by atoms with E-state index in [0.29, 0.717) is 4.90 Å². The van der Waals surface area contributed by atoms with Crippen molar-refractivity contribution in [3.63, 3.8) is 0 Å². The van der Waals surface area contributed by atoms with Gasteiger partial charge in [0.05, 0.1) is 4.90 Å². The van der Waals surface area contributed by atoms with Crippen molar-refractivity contribution in [2.45, 2.75) is 24.7 Å². The molecule has 1 heterocycles. The van der Waals surface area contributed by atoms with Crippen LogP contribution in [0.5, 0.6) is 0 Å². The van der Waals surface area contributed by atoms with Gasteiger partial charge < -0.3 is 5.32 Å². The van der Waals surface area contributed by atoms with Gasteiger partial charge in [0.25, 0.3) is 0 Å². The van der Waals surface area contributed by atoms with Crippen molar-refractivity contribution >= 4 is 21.3 Å². The first-order valence-electron chi connectivity index (χ1n) is 6.10. The summed E-state index contributed by atoms with van der Waals surface area (Å²) < 4.78 is 22.7. The van der Waals surface area contributed by atoms with Crippen molar-refractivity contribution in [3.8, 4) is 0 Å². The summed E-state index contributed by atoms with van der Waals surface area (Å²) >= 11 is 0. The van der Waals surface area contributed by atoms with Crippen LogP contribution in [0.15, 0.2) is 35.2 Å². The zero-order valence-corrected chi connectivity index (χ0v) is 11.8. The second-order valence-corrected chi connectivity index (χ2v) is 6.47. The van der Waals surface area contributed by atoms with Crippen molar-refractivity contribution in [1.29, 1.82) is 0 Å². The molecule has 0 bridgehead atoms. The van der Waals surface area contributed by atoms with Gasteiger partial charge in [0.1, 0.15) is 0 Å². The van der Waals surface area contributed by atoms with Crippen molar-refractivity contribution in [3.05, 3.63) is 36.0 Å². The van der Waals surface area contributed by atoms with Gasteiger partial charge in [-0.15, -0.1) is 0 Å². The quantitative estimate of drug-likeness (QED) is 0.882. The van der Waals surface area contributed by atoms with Gasteiger partial charge in [-0.3, -0.25) is 5.10 Å². The monoisotopic (exact) mass is 279 g/mol. The molecule has 2 aromatic rings. The molecule has 1 aromatic carbocycles. The summed E-state index contributed by atoms with van der Waals surface area (Å²) in [7, 11) is -3.15. The molecule has 0 saturated heterocycles. The van der Waals surface area contributed by atoms with Gasteiger partial charge in [0.2, 0.25) is 0 Å². The molecule has 0 radical (unpaired) electrons. The maximum absolute atomic E-state index is 11.3. The van der Waals surface area contributed by atoms with Gasteiger partial charge >= 0.3 is 0 Å². The molecular formula is C13H17N3O2S.